The molecule has 1 nitrogen and oxygen atoms in total. The second-order valence-corrected chi connectivity index (χ2v) is 7.91. The second-order valence-electron chi connectivity index (χ2n) is 5.89. The molecule has 115 valence electrons. The van der Waals surface area contributed by atoms with Crippen LogP contribution in [0.25, 0.3) is 0 Å². The molecular weight excluding hydrogens is 296 g/mol. The van der Waals surface area contributed by atoms with Crippen LogP contribution in [0, 0.1) is 20.8 Å². The summed E-state index contributed by atoms with van der Waals surface area (Å²) < 4.78 is 6.60. The molecule has 0 aliphatic heterocycles. The van der Waals surface area contributed by atoms with Crippen molar-refractivity contribution in [2.24, 2.45) is 0 Å². The van der Waals surface area contributed by atoms with Crippen molar-refractivity contribution >= 4 is 19.4 Å². The molecule has 0 N–H and O–H groups in total. The molecule has 0 bridgehead atoms. The Kier molecular flexibility index (Phi) is 4.63. The van der Waals surface area contributed by atoms with Crippen molar-refractivity contribution in [3.05, 3.63) is 89.5 Å². The minimum Gasteiger partial charge on any atom is -0.532 e. The molecule has 0 saturated heterocycles. The zero-order chi connectivity index (χ0) is 16.2. The van der Waals surface area contributed by atoms with E-state index in [0.717, 1.165) is 5.75 Å². The van der Waals surface area contributed by atoms with Gasteiger partial charge in [-0.25, -0.2) is 0 Å². The maximum Gasteiger partial charge on any atom is 0.352 e. The first kappa shape index (κ1) is 15.6. The molecule has 3 aromatic rings. The lowest BCUT2D eigenvalue weighted by molar-refractivity contribution is 0.581. The third-order valence-electron chi connectivity index (χ3n) is 3.88. The summed E-state index contributed by atoms with van der Waals surface area (Å²) >= 11 is 0. The van der Waals surface area contributed by atoms with Gasteiger partial charge in [0.2, 0.25) is 0 Å². The molecule has 0 amide bonds. The number of benzene rings is 3. The lowest BCUT2D eigenvalue weighted by Crippen LogP contribution is -2.47. The highest BCUT2D eigenvalue weighted by atomic mass is 28.3. The minimum absolute atomic E-state index is 1.03. The van der Waals surface area contributed by atoms with Gasteiger partial charge >= 0.3 is 9.04 Å². The summed E-state index contributed by atoms with van der Waals surface area (Å²) in [5.74, 6) is 1.03. The van der Waals surface area contributed by atoms with Gasteiger partial charge in [-0.05, 0) is 42.3 Å². The number of aryl methyl sites for hydroxylation is 3. The van der Waals surface area contributed by atoms with E-state index in [2.05, 4.69) is 93.6 Å². The molecule has 0 aliphatic carbocycles. The maximum absolute atomic E-state index is 6.60. The van der Waals surface area contributed by atoms with Gasteiger partial charge in [0.1, 0.15) is 5.75 Å². The van der Waals surface area contributed by atoms with Crippen LogP contribution >= 0.6 is 0 Å². The van der Waals surface area contributed by atoms with Gasteiger partial charge < -0.3 is 4.43 Å². The highest BCUT2D eigenvalue weighted by Crippen LogP contribution is 2.25. The van der Waals surface area contributed by atoms with Crippen molar-refractivity contribution < 1.29 is 4.43 Å². The van der Waals surface area contributed by atoms with Gasteiger partial charge in [-0.2, -0.15) is 0 Å². The molecule has 0 saturated carbocycles. The lowest BCUT2D eigenvalue weighted by atomic mass is 10.1. The molecule has 2 heteroatoms. The average Bonchev–Trinajstić information content (AvgIpc) is 2.56. The Morgan fingerprint density at radius 1 is 0.652 bits per heavy atom. The first-order chi connectivity index (χ1) is 11.1. The molecule has 3 aromatic carbocycles. The van der Waals surface area contributed by atoms with Gasteiger partial charge in [0.25, 0.3) is 0 Å². The summed E-state index contributed by atoms with van der Waals surface area (Å²) in [4.78, 5) is 0. The van der Waals surface area contributed by atoms with Crippen LogP contribution in [0.2, 0.25) is 0 Å². The van der Waals surface area contributed by atoms with Gasteiger partial charge in [-0.3, -0.25) is 0 Å². The Hall–Kier alpha value is -2.32. The van der Waals surface area contributed by atoms with E-state index in [9.17, 15) is 0 Å². The SMILES string of the molecule is Cc1cc(C)c(O[Si](c2ccccc2)c2ccccc2)c(C)c1. The average molecular weight is 317 g/mol. The zero-order valence-corrected chi connectivity index (χ0v) is 14.8. The van der Waals surface area contributed by atoms with Gasteiger partial charge in [0.15, 0.2) is 0 Å². The number of hydrogen-bond acceptors (Lipinski definition) is 1. The van der Waals surface area contributed by atoms with E-state index in [1.807, 2.05) is 0 Å². The van der Waals surface area contributed by atoms with E-state index >= 15 is 0 Å². The predicted molar refractivity (Wildman–Crippen MR) is 99.2 cm³/mol. The third kappa shape index (κ3) is 3.54. The molecule has 0 heterocycles. The third-order valence-corrected chi connectivity index (χ3v) is 6.00. The molecule has 0 fully saturated rings. The van der Waals surface area contributed by atoms with Crippen LogP contribution in [0.4, 0.5) is 0 Å². The van der Waals surface area contributed by atoms with Crippen molar-refractivity contribution in [2.75, 3.05) is 0 Å². The highest BCUT2D eigenvalue weighted by Gasteiger charge is 2.22. The Morgan fingerprint density at radius 2 is 1.09 bits per heavy atom. The van der Waals surface area contributed by atoms with Crippen molar-refractivity contribution in [1.29, 1.82) is 0 Å². The Morgan fingerprint density at radius 3 is 1.52 bits per heavy atom. The fourth-order valence-corrected chi connectivity index (χ4v) is 4.98. The number of rotatable bonds is 4. The predicted octanol–water partition coefficient (Wildman–Crippen LogP) is 3.80. The van der Waals surface area contributed by atoms with Crippen LogP contribution in [-0.4, -0.2) is 9.04 Å². The van der Waals surface area contributed by atoms with E-state index in [1.165, 1.54) is 27.1 Å². The van der Waals surface area contributed by atoms with E-state index < -0.39 is 9.04 Å². The topological polar surface area (TPSA) is 9.23 Å². The van der Waals surface area contributed by atoms with Crippen LogP contribution in [-0.2, 0) is 0 Å². The van der Waals surface area contributed by atoms with Gasteiger partial charge in [0, 0.05) is 0 Å². The quantitative estimate of drug-likeness (QED) is 0.665. The second kappa shape index (κ2) is 6.84. The van der Waals surface area contributed by atoms with Crippen LogP contribution in [0.5, 0.6) is 5.75 Å². The lowest BCUT2D eigenvalue weighted by Gasteiger charge is -2.21. The van der Waals surface area contributed by atoms with E-state index in [-0.39, 0.29) is 0 Å². The minimum atomic E-state index is -1.31. The van der Waals surface area contributed by atoms with Crippen LogP contribution < -0.4 is 14.8 Å². The Labute approximate surface area is 140 Å². The summed E-state index contributed by atoms with van der Waals surface area (Å²) in [6.45, 7) is 6.39. The molecule has 1 radical (unpaired) electrons. The van der Waals surface area contributed by atoms with Crippen molar-refractivity contribution in [2.45, 2.75) is 20.8 Å². The highest BCUT2D eigenvalue weighted by molar-refractivity contribution is 6.80. The van der Waals surface area contributed by atoms with Crippen molar-refractivity contribution in [3.63, 3.8) is 0 Å². The Balaban J connectivity index is 2.04. The van der Waals surface area contributed by atoms with E-state index in [4.69, 9.17) is 4.43 Å². The van der Waals surface area contributed by atoms with Gasteiger partial charge in [-0.1, -0.05) is 78.4 Å². The molecule has 3 rings (SSSR count). The van der Waals surface area contributed by atoms with Gasteiger partial charge in [0.05, 0.1) is 0 Å². The summed E-state index contributed by atoms with van der Waals surface area (Å²) in [6.07, 6.45) is 0. The van der Waals surface area contributed by atoms with Crippen molar-refractivity contribution in [3.8, 4) is 5.75 Å². The smallest absolute Gasteiger partial charge is 0.352 e. The molecular formula is C21H21OSi. The van der Waals surface area contributed by atoms with Crippen LogP contribution in [0.15, 0.2) is 72.8 Å². The molecule has 0 unspecified atom stereocenters. The number of hydrogen-bond donors (Lipinski definition) is 0. The molecule has 0 spiro atoms. The monoisotopic (exact) mass is 317 g/mol. The fraction of sp³-hybridized carbons (Fsp3) is 0.143. The van der Waals surface area contributed by atoms with E-state index in [0.29, 0.717) is 0 Å². The largest absolute Gasteiger partial charge is 0.532 e. The van der Waals surface area contributed by atoms with Gasteiger partial charge in [-0.15, -0.1) is 0 Å². The zero-order valence-electron chi connectivity index (χ0n) is 13.8. The summed E-state index contributed by atoms with van der Waals surface area (Å²) in [7, 11) is -1.31. The molecule has 23 heavy (non-hydrogen) atoms. The van der Waals surface area contributed by atoms with Crippen LogP contribution in [0.3, 0.4) is 0 Å². The Bertz CT molecular complexity index is 719. The fourth-order valence-electron chi connectivity index (χ4n) is 2.89. The maximum atomic E-state index is 6.60. The summed E-state index contributed by atoms with van der Waals surface area (Å²) in [6, 6.07) is 25.5. The molecule has 0 atom stereocenters. The molecule has 0 aliphatic rings. The van der Waals surface area contributed by atoms with Crippen molar-refractivity contribution in [1.82, 2.24) is 0 Å². The molecule has 0 aromatic heterocycles. The van der Waals surface area contributed by atoms with Crippen LogP contribution in [0.1, 0.15) is 16.7 Å². The summed E-state index contributed by atoms with van der Waals surface area (Å²) in [5, 5.41) is 2.53. The van der Waals surface area contributed by atoms with E-state index in [1.54, 1.807) is 0 Å². The summed E-state index contributed by atoms with van der Waals surface area (Å²) in [5.41, 5.74) is 3.69. The first-order valence-corrected chi connectivity index (χ1v) is 9.29. The normalized spacial score (nSPS) is 10.8. The first-order valence-electron chi connectivity index (χ1n) is 7.88. The standard InChI is InChI=1S/C21H21OSi/c1-16-14-17(2)21(18(3)15-16)22-23(19-10-6-4-7-11-19)20-12-8-5-9-13-20/h4-15H,1-3H3.